The fourth-order valence-electron chi connectivity index (χ4n) is 3.58. The molecule has 2 atom stereocenters. The van der Waals surface area contributed by atoms with Gasteiger partial charge in [0.2, 0.25) is 10.0 Å². The van der Waals surface area contributed by atoms with Gasteiger partial charge in [0.25, 0.3) is 5.91 Å². The van der Waals surface area contributed by atoms with Crippen LogP contribution < -0.4 is 14.8 Å². The number of ether oxygens (including phenoxy) is 3. The van der Waals surface area contributed by atoms with E-state index in [2.05, 4.69) is 5.32 Å². The normalized spacial score (nSPS) is 19.4. The van der Waals surface area contributed by atoms with E-state index in [0.29, 0.717) is 11.5 Å². The molecule has 1 N–H and O–H groups in total. The van der Waals surface area contributed by atoms with Crippen molar-refractivity contribution in [2.75, 3.05) is 27.3 Å². The molecule has 2 aromatic carbocycles. The van der Waals surface area contributed by atoms with E-state index in [1.54, 1.807) is 25.3 Å². The molecule has 10 heteroatoms. The number of nitrogens with one attached hydrogen (secondary N) is 1. The molecule has 1 fully saturated rings. The van der Waals surface area contributed by atoms with Crippen molar-refractivity contribution in [3.8, 4) is 11.5 Å². The second-order valence-corrected chi connectivity index (χ2v) is 9.91. The molecule has 0 aliphatic carbocycles. The highest BCUT2D eigenvalue weighted by atomic mass is 35.5. The van der Waals surface area contributed by atoms with E-state index in [1.165, 1.54) is 29.6 Å². The standard InChI is InChI=1S/C22H27ClN2O6S/c1-14-12-25(13-15(2)31-14)32(27,28)21-10-17(6-7-18(21)23)22(26)24-11-16-5-8-19(29-3)20(9-16)30-4/h5-10,14-15H,11-13H2,1-4H3,(H,24,26). The molecule has 32 heavy (non-hydrogen) atoms. The molecular formula is C22H27ClN2O6S. The molecule has 0 saturated carbocycles. The maximum atomic E-state index is 13.2. The van der Waals surface area contributed by atoms with Crippen molar-refractivity contribution < 1.29 is 27.4 Å². The topological polar surface area (TPSA) is 94.2 Å². The molecule has 1 aliphatic heterocycles. The number of methoxy groups -OCH3 is 2. The summed E-state index contributed by atoms with van der Waals surface area (Å²) in [5.74, 6) is 0.714. The molecule has 1 saturated heterocycles. The number of benzene rings is 2. The Morgan fingerprint density at radius 2 is 1.75 bits per heavy atom. The molecule has 1 heterocycles. The van der Waals surface area contributed by atoms with Crippen LogP contribution in [-0.4, -0.2) is 58.1 Å². The van der Waals surface area contributed by atoms with Gasteiger partial charge < -0.3 is 19.5 Å². The van der Waals surface area contributed by atoms with Crippen LogP contribution in [0.3, 0.4) is 0 Å². The first-order valence-corrected chi connectivity index (χ1v) is 11.9. The van der Waals surface area contributed by atoms with Gasteiger partial charge in [-0.2, -0.15) is 4.31 Å². The van der Waals surface area contributed by atoms with Gasteiger partial charge in [0.05, 0.1) is 31.5 Å². The smallest absolute Gasteiger partial charge is 0.251 e. The van der Waals surface area contributed by atoms with Crippen LogP contribution in [0.4, 0.5) is 0 Å². The molecule has 8 nitrogen and oxygen atoms in total. The highest BCUT2D eigenvalue weighted by Crippen LogP contribution is 2.29. The van der Waals surface area contributed by atoms with Crippen LogP contribution in [0.5, 0.6) is 11.5 Å². The van der Waals surface area contributed by atoms with Gasteiger partial charge in [0, 0.05) is 25.2 Å². The predicted octanol–water partition coefficient (Wildman–Crippen LogP) is 3.09. The summed E-state index contributed by atoms with van der Waals surface area (Å²) in [6.07, 6.45) is -0.472. The molecule has 1 amide bonds. The molecular weight excluding hydrogens is 456 g/mol. The molecule has 1 aliphatic rings. The van der Waals surface area contributed by atoms with Gasteiger partial charge in [-0.15, -0.1) is 0 Å². The number of amides is 1. The fraction of sp³-hybridized carbons (Fsp3) is 0.409. The van der Waals surface area contributed by atoms with Gasteiger partial charge >= 0.3 is 0 Å². The van der Waals surface area contributed by atoms with Crippen molar-refractivity contribution in [1.29, 1.82) is 0 Å². The Morgan fingerprint density at radius 3 is 2.38 bits per heavy atom. The first-order valence-electron chi connectivity index (χ1n) is 10.1. The van der Waals surface area contributed by atoms with Gasteiger partial charge in [-0.1, -0.05) is 17.7 Å². The summed E-state index contributed by atoms with van der Waals surface area (Å²) in [5, 5.41) is 2.85. The third-order valence-corrected chi connectivity index (χ3v) is 7.41. The van der Waals surface area contributed by atoms with Crippen molar-refractivity contribution in [3.63, 3.8) is 0 Å². The van der Waals surface area contributed by atoms with Gasteiger partial charge in [-0.3, -0.25) is 4.79 Å². The van der Waals surface area contributed by atoms with Crippen LogP contribution in [0.1, 0.15) is 29.8 Å². The predicted molar refractivity (Wildman–Crippen MR) is 121 cm³/mol. The summed E-state index contributed by atoms with van der Waals surface area (Å²) in [6, 6.07) is 9.55. The fourth-order valence-corrected chi connectivity index (χ4v) is 5.67. The van der Waals surface area contributed by atoms with Crippen LogP contribution in [-0.2, 0) is 21.3 Å². The minimum atomic E-state index is -3.89. The van der Waals surface area contributed by atoms with Crippen molar-refractivity contribution >= 4 is 27.5 Å². The summed E-state index contributed by atoms with van der Waals surface area (Å²) >= 11 is 6.22. The van der Waals surface area contributed by atoms with E-state index in [4.69, 9.17) is 25.8 Å². The summed E-state index contributed by atoms with van der Waals surface area (Å²) in [5.41, 5.74) is 0.997. The van der Waals surface area contributed by atoms with Crippen LogP contribution in [0.2, 0.25) is 5.02 Å². The maximum Gasteiger partial charge on any atom is 0.251 e. The zero-order valence-electron chi connectivity index (χ0n) is 18.4. The number of carbonyl (C=O) groups is 1. The second kappa shape index (κ2) is 10.1. The Labute approximate surface area is 193 Å². The number of sulfonamides is 1. The van der Waals surface area contributed by atoms with Crippen molar-refractivity contribution in [3.05, 3.63) is 52.5 Å². The first kappa shape index (κ1) is 24.3. The molecule has 3 rings (SSSR count). The van der Waals surface area contributed by atoms with Gasteiger partial charge in [-0.25, -0.2) is 8.42 Å². The lowest BCUT2D eigenvalue weighted by molar-refractivity contribution is -0.0440. The van der Waals surface area contributed by atoms with Crippen molar-refractivity contribution in [2.24, 2.45) is 0 Å². The van der Waals surface area contributed by atoms with Crippen LogP contribution in [0.15, 0.2) is 41.3 Å². The van der Waals surface area contributed by atoms with Crippen LogP contribution >= 0.6 is 11.6 Å². The number of morpholine rings is 1. The van der Waals surface area contributed by atoms with Gasteiger partial charge in [0.15, 0.2) is 11.5 Å². The van der Waals surface area contributed by atoms with Gasteiger partial charge in [-0.05, 0) is 49.7 Å². The number of hydrogen-bond acceptors (Lipinski definition) is 6. The Hall–Kier alpha value is -2.33. The van der Waals surface area contributed by atoms with E-state index in [1.807, 2.05) is 13.8 Å². The number of nitrogens with zero attached hydrogens (tertiary/aromatic N) is 1. The monoisotopic (exact) mass is 482 g/mol. The van der Waals surface area contributed by atoms with Crippen LogP contribution in [0, 0.1) is 0 Å². The molecule has 174 valence electrons. The Balaban J connectivity index is 1.78. The number of halogens is 1. The summed E-state index contributed by atoms with van der Waals surface area (Å²) in [7, 11) is -0.808. The third kappa shape index (κ3) is 5.35. The van der Waals surface area contributed by atoms with E-state index in [0.717, 1.165) is 5.56 Å². The lowest BCUT2D eigenvalue weighted by Crippen LogP contribution is -2.48. The zero-order valence-corrected chi connectivity index (χ0v) is 20.0. The van der Waals surface area contributed by atoms with E-state index in [9.17, 15) is 13.2 Å². The third-order valence-electron chi connectivity index (χ3n) is 5.10. The quantitative estimate of drug-likeness (QED) is 0.651. The summed E-state index contributed by atoms with van der Waals surface area (Å²) in [6.45, 7) is 4.30. The Morgan fingerprint density at radius 1 is 1.09 bits per heavy atom. The molecule has 0 aromatic heterocycles. The number of rotatable bonds is 7. The van der Waals surface area contributed by atoms with Crippen LogP contribution in [0.25, 0.3) is 0 Å². The molecule has 0 radical (unpaired) electrons. The Kier molecular flexibility index (Phi) is 7.66. The van der Waals surface area contributed by atoms with E-state index < -0.39 is 15.9 Å². The highest BCUT2D eigenvalue weighted by Gasteiger charge is 2.33. The Bertz CT molecular complexity index is 1080. The first-order chi connectivity index (χ1) is 15.1. The van der Waals surface area contributed by atoms with E-state index >= 15 is 0 Å². The number of carbonyl (C=O) groups excluding carboxylic acids is 1. The number of hydrogen-bond donors (Lipinski definition) is 1. The minimum Gasteiger partial charge on any atom is -0.493 e. The lowest BCUT2D eigenvalue weighted by Gasteiger charge is -2.34. The molecule has 2 aromatic rings. The molecule has 0 bridgehead atoms. The minimum absolute atomic E-state index is 0.0632. The average Bonchev–Trinajstić information content (AvgIpc) is 2.76. The lowest BCUT2D eigenvalue weighted by atomic mass is 10.1. The SMILES string of the molecule is COc1ccc(CNC(=O)c2ccc(Cl)c(S(=O)(=O)N3CC(C)OC(C)C3)c2)cc1OC. The zero-order chi connectivity index (χ0) is 23.5. The van der Waals surface area contributed by atoms with Crippen molar-refractivity contribution in [2.45, 2.75) is 37.5 Å². The highest BCUT2D eigenvalue weighted by molar-refractivity contribution is 7.89. The van der Waals surface area contributed by atoms with E-state index in [-0.39, 0.29) is 47.3 Å². The molecule has 2 unspecified atom stereocenters. The maximum absolute atomic E-state index is 13.2. The second-order valence-electron chi connectivity index (χ2n) is 7.60. The van der Waals surface area contributed by atoms with Gasteiger partial charge in [0.1, 0.15) is 4.90 Å². The average molecular weight is 483 g/mol. The van der Waals surface area contributed by atoms with Crippen molar-refractivity contribution in [1.82, 2.24) is 9.62 Å². The molecule has 0 spiro atoms. The summed E-state index contributed by atoms with van der Waals surface area (Å²) in [4.78, 5) is 12.6. The summed E-state index contributed by atoms with van der Waals surface area (Å²) < 4.78 is 43.9. The largest absolute Gasteiger partial charge is 0.493 e.